The smallest absolute Gasteiger partial charge is 0.00950 e. The van der Waals surface area contributed by atoms with Crippen LogP contribution < -0.4 is 5.32 Å². The van der Waals surface area contributed by atoms with E-state index in [0.29, 0.717) is 0 Å². The largest absolute Gasteiger partial charge is 0.317 e. The van der Waals surface area contributed by atoms with Crippen LogP contribution in [0, 0.1) is 23.7 Å². The second kappa shape index (κ2) is 4.68. The maximum absolute atomic E-state index is 3.63. The average molecular weight is 221 g/mol. The van der Waals surface area contributed by atoms with Crippen molar-refractivity contribution >= 4 is 0 Å². The summed E-state index contributed by atoms with van der Waals surface area (Å²) < 4.78 is 0. The van der Waals surface area contributed by atoms with Crippen LogP contribution in [0.2, 0.25) is 0 Å². The summed E-state index contributed by atoms with van der Waals surface area (Å²) in [5, 5.41) is 3.63. The van der Waals surface area contributed by atoms with Crippen LogP contribution in [0.15, 0.2) is 0 Å². The Morgan fingerprint density at radius 3 is 2.44 bits per heavy atom. The lowest BCUT2D eigenvalue weighted by molar-refractivity contribution is 0.244. The molecule has 0 heterocycles. The van der Waals surface area contributed by atoms with E-state index in [1.807, 2.05) is 0 Å². The first-order chi connectivity index (χ1) is 7.86. The topological polar surface area (TPSA) is 12.0 Å². The van der Waals surface area contributed by atoms with Crippen molar-refractivity contribution in [1.29, 1.82) is 0 Å². The van der Waals surface area contributed by atoms with Gasteiger partial charge in [0.1, 0.15) is 0 Å². The van der Waals surface area contributed by atoms with Crippen LogP contribution in [-0.2, 0) is 0 Å². The van der Waals surface area contributed by atoms with Gasteiger partial charge in [-0.15, -0.1) is 0 Å². The molecule has 92 valence electrons. The molecule has 0 aliphatic heterocycles. The molecule has 4 atom stereocenters. The fourth-order valence-corrected chi connectivity index (χ4v) is 4.90. The van der Waals surface area contributed by atoms with Gasteiger partial charge in [0.15, 0.2) is 0 Å². The Hall–Kier alpha value is -0.0400. The summed E-state index contributed by atoms with van der Waals surface area (Å²) in [6, 6.07) is 0.840. The second-order valence-electron chi connectivity index (χ2n) is 6.61. The highest BCUT2D eigenvalue weighted by Crippen LogP contribution is 2.50. The molecule has 3 aliphatic carbocycles. The summed E-state index contributed by atoms with van der Waals surface area (Å²) >= 11 is 0. The number of fused-ring (bicyclic) bond motifs is 2. The number of hydrogen-bond donors (Lipinski definition) is 1. The van der Waals surface area contributed by atoms with Crippen LogP contribution in [0.1, 0.15) is 57.8 Å². The van der Waals surface area contributed by atoms with Crippen molar-refractivity contribution in [3.8, 4) is 0 Å². The van der Waals surface area contributed by atoms with E-state index in [9.17, 15) is 0 Å². The average Bonchev–Trinajstić information content (AvgIpc) is 3.01. The normalized spacial score (nSPS) is 40.7. The molecule has 0 saturated heterocycles. The molecule has 0 aromatic carbocycles. The van der Waals surface area contributed by atoms with Gasteiger partial charge in [0, 0.05) is 6.04 Å². The molecule has 1 heteroatoms. The number of nitrogens with one attached hydrogen (secondary N) is 1. The lowest BCUT2D eigenvalue weighted by atomic mass is 9.81. The first kappa shape index (κ1) is 11.1. The van der Waals surface area contributed by atoms with Gasteiger partial charge in [-0.3, -0.25) is 0 Å². The molecule has 0 spiro atoms. The van der Waals surface area contributed by atoms with Gasteiger partial charge in [-0.05, 0) is 69.2 Å². The summed E-state index contributed by atoms with van der Waals surface area (Å²) in [5.74, 6) is 4.32. The van der Waals surface area contributed by atoms with Crippen molar-refractivity contribution in [3.05, 3.63) is 0 Å². The van der Waals surface area contributed by atoms with Crippen molar-refractivity contribution in [3.63, 3.8) is 0 Å². The Bertz CT molecular complexity index is 232. The predicted molar refractivity (Wildman–Crippen MR) is 68.4 cm³/mol. The Balaban J connectivity index is 1.55. The molecule has 4 unspecified atom stereocenters. The second-order valence-corrected chi connectivity index (χ2v) is 6.61. The van der Waals surface area contributed by atoms with Gasteiger partial charge in [0.05, 0.1) is 0 Å². The third-order valence-electron chi connectivity index (χ3n) is 5.78. The summed E-state index contributed by atoms with van der Waals surface area (Å²) in [6.07, 6.45) is 13.7. The zero-order valence-corrected chi connectivity index (χ0v) is 10.8. The molecule has 3 aliphatic rings. The molecule has 3 rings (SSSR count). The van der Waals surface area contributed by atoms with E-state index in [-0.39, 0.29) is 0 Å². The molecule has 0 aromatic heterocycles. The first-order valence-corrected chi connectivity index (χ1v) is 7.54. The van der Waals surface area contributed by atoms with Gasteiger partial charge in [0.25, 0.3) is 0 Å². The van der Waals surface area contributed by atoms with Crippen molar-refractivity contribution < 1.29 is 0 Å². The fourth-order valence-electron chi connectivity index (χ4n) is 4.90. The lowest BCUT2D eigenvalue weighted by Gasteiger charge is -2.30. The van der Waals surface area contributed by atoms with Gasteiger partial charge in [0.2, 0.25) is 0 Å². The Morgan fingerprint density at radius 2 is 1.88 bits per heavy atom. The zero-order chi connectivity index (χ0) is 11.0. The standard InChI is InChI=1S/C15H27N/c1-16-15(12-4-2-3-5-12)10-14-9-11-6-7-13(14)8-11/h11-16H,2-10H2,1H3. The molecule has 0 aromatic rings. The van der Waals surface area contributed by atoms with Gasteiger partial charge in [-0.1, -0.05) is 19.3 Å². The van der Waals surface area contributed by atoms with E-state index in [1.54, 1.807) is 25.7 Å². The predicted octanol–water partition coefficient (Wildman–Crippen LogP) is 3.59. The minimum absolute atomic E-state index is 0.840. The van der Waals surface area contributed by atoms with Crippen LogP contribution in [0.5, 0.6) is 0 Å². The van der Waals surface area contributed by atoms with E-state index >= 15 is 0 Å². The molecule has 0 amide bonds. The highest BCUT2D eigenvalue weighted by Gasteiger charge is 2.40. The van der Waals surface area contributed by atoms with Crippen LogP contribution >= 0.6 is 0 Å². The van der Waals surface area contributed by atoms with E-state index in [0.717, 1.165) is 29.7 Å². The highest BCUT2D eigenvalue weighted by atomic mass is 14.9. The first-order valence-electron chi connectivity index (χ1n) is 7.54. The van der Waals surface area contributed by atoms with E-state index < -0.39 is 0 Å². The van der Waals surface area contributed by atoms with Crippen LogP contribution in [0.25, 0.3) is 0 Å². The summed E-state index contributed by atoms with van der Waals surface area (Å²) in [6.45, 7) is 0. The van der Waals surface area contributed by atoms with Crippen molar-refractivity contribution in [2.45, 2.75) is 63.8 Å². The Labute approximate surface area is 100 Å². The van der Waals surface area contributed by atoms with Gasteiger partial charge in [-0.2, -0.15) is 0 Å². The van der Waals surface area contributed by atoms with Crippen LogP contribution in [0.3, 0.4) is 0 Å². The third kappa shape index (κ3) is 2.03. The SMILES string of the molecule is CNC(CC1CC2CCC1C2)C1CCCC1. The molecule has 0 radical (unpaired) electrons. The number of hydrogen-bond acceptors (Lipinski definition) is 1. The van der Waals surface area contributed by atoms with Crippen molar-refractivity contribution in [1.82, 2.24) is 5.32 Å². The maximum Gasteiger partial charge on any atom is 0.00950 e. The monoisotopic (exact) mass is 221 g/mol. The Kier molecular flexibility index (Phi) is 3.24. The molecular formula is C15H27N. The van der Waals surface area contributed by atoms with Crippen molar-refractivity contribution in [2.75, 3.05) is 7.05 Å². The highest BCUT2D eigenvalue weighted by molar-refractivity contribution is 4.93. The lowest BCUT2D eigenvalue weighted by Crippen LogP contribution is -2.35. The molecule has 1 N–H and O–H groups in total. The molecule has 3 saturated carbocycles. The molecular weight excluding hydrogens is 194 g/mol. The Morgan fingerprint density at radius 1 is 1.06 bits per heavy atom. The van der Waals surface area contributed by atoms with Crippen LogP contribution in [-0.4, -0.2) is 13.1 Å². The van der Waals surface area contributed by atoms with E-state index in [4.69, 9.17) is 0 Å². The summed E-state index contributed by atoms with van der Waals surface area (Å²) in [5.41, 5.74) is 0. The molecule has 3 fully saturated rings. The third-order valence-corrected chi connectivity index (χ3v) is 5.78. The minimum atomic E-state index is 0.840. The fraction of sp³-hybridized carbons (Fsp3) is 1.00. The zero-order valence-electron chi connectivity index (χ0n) is 10.8. The van der Waals surface area contributed by atoms with Crippen LogP contribution in [0.4, 0.5) is 0 Å². The van der Waals surface area contributed by atoms with Gasteiger partial charge < -0.3 is 5.32 Å². The minimum Gasteiger partial charge on any atom is -0.317 e. The molecule has 16 heavy (non-hydrogen) atoms. The quantitative estimate of drug-likeness (QED) is 0.765. The number of rotatable bonds is 4. The van der Waals surface area contributed by atoms with Crippen molar-refractivity contribution in [2.24, 2.45) is 23.7 Å². The van der Waals surface area contributed by atoms with E-state index in [2.05, 4.69) is 12.4 Å². The summed E-state index contributed by atoms with van der Waals surface area (Å²) in [4.78, 5) is 0. The summed E-state index contributed by atoms with van der Waals surface area (Å²) in [7, 11) is 2.19. The van der Waals surface area contributed by atoms with Gasteiger partial charge >= 0.3 is 0 Å². The molecule has 1 nitrogen and oxygen atoms in total. The van der Waals surface area contributed by atoms with Gasteiger partial charge in [-0.25, -0.2) is 0 Å². The maximum atomic E-state index is 3.63. The molecule has 2 bridgehead atoms. The van der Waals surface area contributed by atoms with E-state index in [1.165, 1.54) is 32.1 Å².